The first-order chi connectivity index (χ1) is 11.3. The van der Waals surface area contributed by atoms with Crippen molar-refractivity contribution in [1.82, 2.24) is 4.90 Å². The first-order valence-electron chi connectivity index (χ1n) is 8.94. The highest BCUT2D eigenvalue weighted by atomic mass is 16.4. The van der Waals surface area contributed by atoms with Crippen LogP contribution in [0.2, 0.25) is 0 Å². The zero-order valence-electron chi connectivity index (χ0n) is 16.0. The summed E-state index contributed by atoms with van der Waals surface area (Å²) in [6.45, 7) is 14.0. The first-order valence-corrected chi connectivity index (χ1v) is 8.94. The highest BCUT2D eigenvalue weighted by molar-refractivity contribution is 5.87. The van der Waals surface area contributed by atoms with Gasteiger partial charge in [-0.05, 0) is 50.3 Å². The van der Waals surface area contributed by atoms with E-state index in [1.165, 1.54) is 5.56 Å². The van der Waals surface area contributed by atoms with Crippen molar-refractivity contribution in [1.29, 1.82) is 0 Å². The Balaban J connectivity index is 0.000000449. The summed E-state index contributed by atoms with van der Waals surface area (Å²) in [4.78, 5) is 23.9. The summed E-state index contributed by atoms with van der Waals surface area (Å²) >= 11 is 0. The van der Waals surface area contributed by atoms with Gasteiger partial charge in [-0.15, -0.1) is 0 Å². The Labute approximate surface area is 146 Å². The highest BCUT2D eigenvalue weighted by Gasteiger charge is 2.15. The maximum Gasteiger partial charge on any atom is 0.335 e. The van der Waals surface area contributed by atoms with Crippen LogP contribution in [-0.2, 0) is 4.79 Å². The van der Waals surface area contributed by atoms with Gasteiger partial charge in [0.2, 0.25) is 5.91 Å². The zero-order valence-corrected chi connectivity index (χ0v) is 16.0. The number of aromatic carboxylic acids is 1. The van der Waals surface area contributed by atoms with Crippen LogP contribution in [0, 0.1) is 5.92 Å². The van der Waals surface area contributed by atoms with E-state index < -0.39 is 5.97 Å². The predicted molar refractivity (Wildman–Crippen MR) is 99.5 cm³/mol. The van der Waals surface area contributed by atoms with Gasteiger partial charge in [0.1, 0.15) is 0 Å². The number of rotatable bonds is 7. The molecule has 0 aliphatic carbocycles. The Morgan fingerprint density at radius 2 is 1.46 bits per heavy atom. The molecule has 0 aliphatic rings. The summed E-state index contributed by atoms with van der Waals surface area (Å²) < 4.78 is 0. The van der Waals surface area contributed by atoms with Crippen molar-refractivity contribution >= 4 is 11.9 Å². The van der Waals surface area contributed by atoms with Crippen LogP contribution in [0.25, 0.3) is 0 Å². The quantitative estimate of drug-likeness (QED) is 0.778. The smallest absolute Gasteiger partial charge is 0.335 e. The van der Waals surface area contributed by atoms with E-state index >= 15 is 0 Å². The predicted octanol–water partition coefficient (Wildman–Crippen LogP) is 4.80. The minimum atomic E-state index is -0.865. The molecule has 0 fully saturated rings. The molecule has 0 bridgehead atoms. The Kier molecular flexibility index (Phi) is 10.8. The second kappa shape index (κ2) is 11.7. The number of hydrogen-bond acceptors (Lipinski definition) is 2. The lowest BCUT2D eigenvalue weighted by molar-refractivity contribution is -0.134. The van der Waals surface area contributed by atoms with Crippen molar-refractivity contribution in [3.63, 3.8) is 0 Å². The van der Waals surface area contributed by atoms with E-state index in [0.29, 0.717) is 11.5 Å². The number of carbonyl (C=O) groups excluding carboxylic acids is 1. The fourth-order valence-corrected chi connectivity index (χ4v) is 2.21. The standard InChI is InChI=1S/C11H14O2.C9H19NO/c1-3-8(2)9-4-6-10(7-5-9)11(12)13;1-5-8(4)9(11)10(6-2)7-3/h4-8H,3H2,1-2H3,(H,12,13);8H,5-7H2,1-4H3. The van der Waals surface area contributed by atoms with Gasteiger partial charge in [-0.25, -0.2) is 4.79 Å². The van der Waals surface area contributed by atoms with Gasteiger partial charge in [-0.1, -0.05) is 39.8 Å². The fraction of sp³-hybridized carbons (Fsp3) is 0.600. The normalized spacial score (nSPS) is 12.6. The molecule has 4 nitrogen and oxygen atoms in total. The first kappa shape index (κ1) is 22.2. The van der Waals surface area contributed by atoms with E-state index in [9.17, 15) is 9.59 Å². The Morgan fingerprint density at radius 3 is 1.79 bits per heavy atom. The van der Waals surface area contributed by atoms with Crippen molar-refractivity contribution in [3.05, 3.63) is 35.4 Å². The molecule has 1 N–H and O–H groups in total. The minimum absolute atomic E-state index is 0.190. The molecule has 0 saturated carbocycles. The topological polar surface area (TPSA) is 57.6 Å². The minimum Gasteiger partial charge on any atom is -0.478 e. The summed E-state index contributed by atoms with van der Waals surface area (Å²) in [5.74, 6) is 0.117. The average molecular weight is 335 g/mol. The van der Waals surface area contributed by atoms with E-state index in [1.54, 1.807) is 12.1 Å². The number of benzene rings is 1. The third-order valence-corrected chi connectivity index (χ3v) is 4.45. The zero-order chi connectivity index (χ0) is 18.7. The van der Waals surface area contributed by atoms with Gasteiger partial charge in [0.15, 0.2) is 0 Å². The second-order valence-electron chi connectivity index (χ2n) is 6.06. The van der Waals surface area contributed by atoms with Crippen LogP contribution >= 0.6 is 0 Å². The van der Waals surface area contributed by atoms with Gasteiger partial charge in [-0.3, -0.25) is 4.79 Å². The third-order valence-electron chi connectivity index (χ3n) is 4.45. The molecular formula is C20H33NO3. The van der Waals surface area contributed by atoms with Crippen LogP contribution in [0.5, 0.6) is 0 Å². The highest BCUT2D eigenvalue weighted by Crippen LogP contribution is 2.18. The average Bonchev–Trinajstić information content (AvgIpc) is 2.61. The van der Waals surface area contributed by atoms with Crippen molar-refractivity contribution < 1.29 is 14.7 Å². The van der Waals surface area contributed by atoms with Gasteiger partial charge >= 0.3 is 5.97 Å². The summed E-state index contributed by atoms with van der Waals surface area (Å²) in [7, 11) is 0. The largest absolute Gasteiger partial charge is 0.478 e. The van der Waals surface area contributed by atoms with Crippen molar-refractivity contribution in [3.8, 4) is 0 Å². The molecule has 0 heterocycles. The monoisotopic (exact) mass is 335 g/mol. The molecule has 2 unspecified atom stereocenters. The van der Waals surface area contributed by atoms with E-state index in [2.05, 4.69) is 13.8 Å². The molecule has 1 aromatic carbocycles. The molecule has 24 heavy (non-hydrogen) atoms. The SMILES string of the molecule is CCC(C)C(=O)N(CC)CC.CCC(C)c1ccc(C(=O)O)cc1. The molecule has 1 aromatic rings. The number of carbonyl (C=O) groups is 2. The van der Waals surface area contributed by atoms with Crippen LogP contribution in [-0.4, -0.2) is 35.0 Å². The summed E-state index contributed by atoms with van der Waals surface area (Å²) in [5, 5.41) is 8.67. The number of nitrogens with zero attached hydrogens (tertiary/aromatic N) is 1. The molecule has 0 spiro atoms. The van der Waals surface area contributed by atoms with E-state index in [1.807, 2.05) is 44.7 Å². The molecule has 1 amide bonds. The van der Waals surface area contributed by atoms with Crippen LogP contribution in [0.3, 0.4) is 0 Å². The lowest BCUT2D eigenvalue weighted by Gasteiger charge is -2.21. The molecule has 0 aromatic heterocycles. The second-order valence-corrected chi connectivity index (χ2v) is 6.06. The summed E-state index contributed by atoms with van der Waals surface area (Å²) in [6.07, 6.45) is 2.02. The maximum absolute atomic E-state index is 11.5. The van der Waals surface area contributed by atoms with Crippen LogP contribution < -0.4 is 0 Å². The molecule has 0 saturated heterocycles. The van der Waals surface area contributed by atoms with Gasteiger partial charge in [0.25, 0.3) is 0 Å². The Hall–Kier alpha value is -1.84. The van der Waals surface area contributed by atoms with Crippen LogP contribution in [0.15, 0.2) is 24.3 Å². The molecule has 136 valence electrons. The van der Waals surface area contributed by atoms with E-state index in [-0.39, 0.29) is 11.8 Å². The van der Waals surface area contributed by atoms with Gasteiger partial charge in [-0.2, -0.15) is 0 Å². The molecule has 0 aliphatic heterocycles. The van der Waals surface area contributed by atoms with Gasteiger partial charge in [0, 0.05) is 19.0 Å². The van der Waals surface area contributed by atoms with Crippen molar-refractivity contribution in [2.75, 3.05) is 13.1 Å². The van der Waals surface area contributed by atoms with E-state index in [0.717, 1.165) is 25.9 Å². The number of carboxylic acid groups (broad SMARTS) is 1. The van der Waals surface area contributed by atoms with Gasteiger partial charge in [0.05, 0.1) is 5.56 Å². The third kappa shape index (κ3) is 7.16. The Morgan fingerprint density at radius 1 is 0.958 bits per heavy atom. The number of carboxylic acids is 1. The maximum atomic E-state index is 11.5. The summed E-state index contributed by atoms with van der Waals surface area (Å²) in [5.41, 5.74) is 1.56. The van der Waals surface area contributed by atoms with Crippen molar-refractivity contribution in [2.45, 2.75) is 60.3 Å². The van der Waals surface area contributed by atoms with Crippen LogP contribution in [0.1, 0.15) is 76.2 Å². The lowest BCUT2D eigenvalue weighted by atomic mass is 9.98. The van der Waals surface area contributed by atoms with Crippen LogP contribution in [0.4, 0.5) is 0 Å². The lowest BCUT2D eigenvalue weighted by Crippen LogP contribution is -2.34. The molecule has 4 heteroatoms. The molecule has 1 rings (SSSR count). The fourth-order valence-electron chi connectivity index (χ4n) is 2.21. The van der Waals surface area contributed by atoms with Gasteiger partial charge < -0.3 is 10.0 Å². The summed E-state index contributed by atoms with van der Waals surface area (Å²) in [6, 6.07) is 7.09. The van der Waals surface area contributed by atoms with Crippen molar-refractivity contribution in [2.24, 2.45) is 5.92 Å². The molecular weight excluding hydrogens is 302 g/mol. The molecule has 0 radical (unpaired) electrons. The number of hydrogen-bond donors (Lipinski definition) is 1. The van der Waals surface area contributed by atoms with E-state index in [4.69, 9.17) is 5.11 Å². The Bertz CT molecular complexity index is 492. The molecule has 2 atom stereocenters. The number of amides is 1.